The molecular formula is C18H18F2N2O2. The second-order valence-electron chi connectivity index (χ2n) is 5.59. The second-order valence-corrected chi connectivity index (χ2v) is 5.59. The molecule has 0 fully saturated rings. The number of rotatable bonds is 6. The average molecular weight is 332 g/mol. The monoisotopic (exact) mass is 332 g/mol. The number of carbonyl (C=O) groups is 2. The minimum absolute atomic E-state index is 0.211. The van der Waals surface area contributed by atoms with Gasteiger partial charge >= 0.3 is 0 Å². The fourth-order valence-electron chi connectivity index (χ4n) is 2.40. The fourth-order valence-corrected chi connectivity index (χ4v) is 2.40. The molecule has 0 unspecified atom stereocenters. The Bertz CT molecular complexity index is 742. The van der Waals surface area contributed by atoms with Gasteiger partial charge in [0.25, 0.3) is 0 Å². The van der Waals surface area contributed by atoms with Crippen molar-refractivity contribution < 1.29 is 18.4 Å². The number of hydrogen-bond acceptors (Lipinski definition) is 2. The van der Waals surface area contributed by atoms with Crippen LogP contribution in [0.4, 0.5) is 8.78 Å². The van der Waals surface area contributed by atoms with Gasteiger partial charge < -0.3 is 11.1 Å². The first-order chi connectivity index (χ1) is 11.4. The molecule has 0 bridgehead atoms. The van der Waals surface area contributed by atoms with E-state index in [9.17, 15) is 18.4 Å². The lowest BCUT2D eigenvalue weighted by Gasteiger charge is -2.16. The van der Waals surface area contributed by atoms with Gasteiger partial charge in [-0.25, -0.2) is 8.78 Å². The average Bonchev–Trinajstić information content (AvgIpc) is 2.50. The second kappa shape index (κ2) is 7.68. The Labute approximate surface area is 138 Å². The van der Waals surface area contributed by atoms with E-state index in [0.717, 1.165) is 23.3 Å². The van der Waals surface area contributed by atoms with Crippen LogP contribution in [0, 0.1) is 18.6 Å². The molecule has 0 saturated heterocycles. The first-order valence-electron chi connectivity index (χ1n) is 7.44. The van der Waals surface area contributed by atoms with E-state index < -0.39 is 35.9 Å². The van der Waals surface area contributed by atoms with E-state index in [2.05, 4.69) is 5.32 Å². The van der Waals surface area contributed by atoms with Crippen molar-refractivity contribution in [1.82, 2.24) is 5.32 Å². The Kier molecular flexibility index (Phi) is 5.63. The molecule has 0 saturated carbocycles. The van der Waals surface area contributed by atoms with Crippen molar-refractivity contribution in [2.45, 2.75) is 25.8 Å². The van der Waals surface area contributed by atoms with Crippen molar-refractivity contribution in [3.63, 3.8) is 0 Å². The number of benzene rings is 2. The molecule has 6 heteroatoms. The predicted molar refractivity (Wildman–Crippen MR) is 86.1 cm³/mol. The molecule has 2 aromatic rings. The van der Waals surface area contributed by atoms with Crippen LogP contribution in [0.3, 0.4) is 0 Å². The van der Waals surface area contributed by atoms with Gasteiger partial charge in [0, 0.05) is 12.0 Å². The largest absolute Gasteiger partial charge is 0.368 e. The van der Waals surface area contributed by atoms with Gasteiger partial charge in [-0.15, -0.1) is 0 Å². The van der Waals surface area contributed by atoms with Crippen LogP contribution in [0.15, 0.2) is 42.5 Å². The zero-order valence-corrected chi connectivity index (χ0v) is 13.2. The maximum Gasteiger partial charge on any atom is 0.240 e. The Hall–Kier alpha value is -2.76. The molecule has 2 aromatic carbocycles. The number of halogens is 2. The minimum Gasteiger partial charge on any atom is -0.368 e. The standard InChI is InChI=1S/C18H18F2N2O2/c1-11-4-2-5-12(8-11)9-16(18(21)24)22-17(23)10-13-14(19)6-3-7-15(13)20/h2-8,16H,9-10H2,1H3,(H2,21,24)(H,22,23)/t16-/m1/s1. The number of primary amides is 1. The SMILES string of the molecule is Cc1cccc(C[C@@H](NC(=O)Cc2c(F)cccc2F)C(N)=O)c1. The first-order valence-corrected chi connectivity index (χ1v) is 7.44. The predicted octanol–water partition coefficient (Wildman–Crippen LogP) is 2.03. The van der Waals surface area contributed by atoms with Crippen LogP contribution in [0.2, 0.25) is 0 Å². The number of carbonyl (C=O) groups excluding carboxylic acids is 2. The summed E-state index contributed by atoms with van der Waals surface area (Å²) >= 11 is 0. The summed E-state index contributed by atoms with van der Waals surface area (Å²) in [4.78, 5) is 23.6. The van der Waals surface area contributed by atoms with Gasteiger partial charge in [0.15, 0.2) is 0 Å². The Morgan fingerprint density at radius 1 is 1.12 bits per heavy atom. The minimum atomic E-state index is -0.950. The highest BCUT2D eigenvalue weighted by Crippen LogP contribution is 2.13. The molecule has 126 valence electrons. The number of amides is 2. The summed E-state index contributed by atoms with van der Waals surface area (Å²) in [6, 6.07) is 9.84. The molecule has 0 aliphatic carbocycles. The molecule has 4 nitrogen and oxygen atoms in total. The highest BCUT2D eigenvalue weighted by Gasteiger charge is 2.20. The highest BCUT2D eigenvalue weighted by molar-refractivity contribution is 5.87. The molecule has 3 N–H and O–H groups in total. The fraction of sp³-hybridized carbons (Fsp3) is 0.222. The van der Waals surface area contributed by atoms with E-state index in [4.69, 9.17) is 5.73 Å². The van der Waals surface area contributed by atoms with Crippen LogP contribution in [0.1, 0.15) is 16.7 Å². The summed E-state index contributed by atoms with van der Waals surface area (Å²) < 4.78 is 27.2. The van der Waals surface area contributed by atoms with Crippen molar-refractivity contribution >= 4 is 11.8 Å². The molecule has 0 aliphatic rings. The molecule has 0 heterocycles. The van der Waals surface area contributed by atoms with Crippen molar-refractivity contribution in [2.24, 2.45) is 5.73 Å². The highest BCUT2D eigenvalue weighted by atomic mass is 19.1. The molecule has 2 amide bonds. The van der Waals surface area contributed by atoms with Crippen LogP contribution in [-0.2, 0) is 22.4 Å². The van der Waals surface area contributed by atoms with Gasteiger partial charge in [-0.1, -0.05) is 35.9 Å². The molecule has 24 heavy (non-hydrogen) atoms. The van der Waals surface area contributed by atoms with Crippen LogP contribution < -0.4 is 11.1 Å². The van der Waals surface area contributed by atoms with Crippen LogP contribution in [0.5, 0.6) is 0 Å². The number of nitrogens with two attached hydrogens (primary N) is 1. The van der Waals surface area contributed by atoms with Crippen molar-refractivity contribution in [2.75, 3.05) is 0 Å². The Morgan fingerprint density at radius 2 is 1.75 bits per heavy atom. The van der Waals surface area contributed by atoms with Crippen LogP contribution >= 0.6 is 0 Å². The molecule has 0 radical (unpaired) electrons. The third kappa shape index (κ3) is 4.62. The first kappa shape index (κ1) is 17.6. The Balaban J connectivity index is 2.07. The zero-order chi connectivity index (χ0) is 17.7. The number of aryl methyl sites for hydroxylation is 1. The van der Waals surface area contributed by atoms with Gasteiger partial charge in [0.2, 0.25) is 11.8 Å². The number of hydrogen-bond donors (Lipinski definition) is 2. The van der Waals surface area contributed by atoms with E-state index >= 15 is 0 Å². The smallest absolute Gasteiger partial charge is 0.240 e. The Morgan fingerprint density at radius 3 is 2.33 bits per heavy atom. The summed E-state index contributed by atoms with van der Waals surface area (Å²) in [7, 11) is 0. The molecule has 0 spiro atoms. The van der Waals surface area contributed by atoms with Crippen molar-refractivity contribution in [3.8, 4) is 0 Å². The van der Waals surface area contributed by atoms with E-state index in [1.807, 2.05) is 31.2 Å². The summed E-state index contributed by atoms with van der Waals surface area (Å²) in [6.45, 7) is 1.91. The van der Waals surface area contributed by atoms with Gasteiger partial charge in [-0.2, -0.15) is 0 Å². The van der Waals surface area contributed by atoms with Crippen molar-refractivity contribution in [1.29, 1.82) is 0 Å². The van der Waals surface area contributed by atoms with Crippen LogP contribution in [0.25, 0.3) is 0 Å². The normalized spacial score (nSPS) is 11.8. The summed E-state index contributed by atoms with van der Waals surface area (Å²) in [5.74, 6) is -2.99. The van der Waals surface area contributed by atoms with E-state index in [-0.39, 0.29) is 12.0 Å². The van der Waals surface area contributed by atoms with Crippen molar-refractivity contribution in [3.05, 3.63) is 70.8 Å². The third-order valence-electron chi connectivity index (χ3n) is 3.60. The maximum atomic E-state index is 13.6. The lowest BCUT2D eigenvalue weighted by molar-refractivity contribution is -0.127. The molecule has 2 rings (SSSR count). The molecular weight excluding hydrogens is 314 g/mol. The third-order valence-corrected chi connectivity index (χ3v) is 3.60. The van der Waals surface area contributed by atoms with E-state index in [0.29, 0.717) is 0 Å². The quantitative estimate of drug-likeness (QED) is 0.849. The summed E-state index contributed by atoms with van der Waals surface area (Å²) in [6.07, 6.45) is -0.293. The molecule has 0 aliphatic heterocycles. The number of nitrogens with one attached hydrogen (secondary N) is 1. The molecule has 1 atom stereocenters. The van der Waals surface area contributed by atoms with E-state index in [1.165, 1.54) is 6.07 Å². The molecule has 0 aromatic heterocycles. The topological polar surface area (TPSA) is 72.2 Å². The van der Waals surface area contributed by atoms with Gasteiger partial charge in [-0.3, -0.25) is 9.59 Å². The van der Waals surface area contributed by atoms with Gasteiger partial charge in [0.05, 0.1) is 6.42 Å². The lowest BCUT2D eigenvalue weighted by atomic mass is 10.0. The van der Waals surface area contributed by atoms with Crippen LogP contribution in [-0.4, -0.2) is 17.9 Å². The lowest BCUT2D eigenvalue weighted by Crippen LogP contribution is -2.46. The summed E-state index contributed by atoms with van der Waals surface area (Å²) in [5, 5.41) is 2.44. The van der Waals surface area contributed by atoms with E-state index in [1.54, 1.807) is 0 Å². The van der Waals surface area contributed by atoms with Gasteiger partial charge in [0.1, 0.15) is 17.7 Å². The summed E-state index contributed by atoms with van der Waals surface area (Å²) in [5.41, 5.74) is 6.82. The van der Waals surface area contributed by atoms with Gasteiger partial charge in [-0.05, 0) is 24.6 Å². The maximum absolute atomic E-state index is 13.6. The zero-order valence-electron chi connectivity index (χ0n) is 13.2.